The molecule has 0 spiro atoms. The highest BCUT2D eigenvalue weighted by Crippen LogP contribution is 2.35. The number of carboxylic acid groups (broad SMARTS) is 1. The van der Waals surface area contributed by atoms with Crippen LogP contribution in [0.15, 0.2) is 24.3 Å². The van der Waals surface area contributed by atoms with E-state index in [1.807, 2.05) is 0 Å². The highest BCUT2D eigenvalue weighted by Gasteiger charge is 2.45. The van der Waals surface area contributed by atoms with Gasteiger partial charge in [-0.2, -0.15) is 0 Å². The van der Waals surface area contributed by atoms with Crippen LogP contribution in [0.3, 0.4) is 0 Å². The van der Waals surface area contributed by atoms with Crippen molar-refractivity contribution in [3.8, 4) is 5.75 Å². The van der Waals surface area contributed by atoms with Crippen LogP contribution in [-0.4, -0.2) is 40.6 Å². The Balaban J connectivity index is 1.67. The summed E-state index contributed by atoms with van der Waals surface area (Å²) in [5.41, 5.74) is -1.47. The van der Waals surface area contributed by atoms with Crippen molar-refractivity contribution < 1.29 is 23.8 Å². The van der Waals surface area contributed by atoms with Gasteiger partial charge in [-0.05, 0) is 30.9 Å². The van der Waals surface area contributed by atoms with Crippen molar-refractivity contribution in [2.75, 3.05) is 13.1 Å². The Morgan fingerprint density at radius 3 is 2.48 bits per heavy atom. The Bertz CT molecular complexity index is 606. The molecule has 1 aromatic rings. The van der Waals surface area contributed by atoms with Gasteiger partial charge < -0.3 is 14.7 Å². The van der Waals surface area contributed by atoms with Gasteiger partial charge in [0.1, 0.15) is 0 Å². The fourth-order valence-electron chi connectivity index (χ4n) is 2.91. The molecule has 6 heteroatoms. The second-order valence-electron chi connectivity index (χ2n) is 6.36. The molecule has 0 unspecified atom stereocenters. The third kappa shape index (κ3) is 3.46. The normalized spacial score (nSPS) is 20.1. The van der Waals surface area contributed by atoms with E-state index in [2.05, 4.69) is 0 Å². The molecule has 0 aromatic heterocycles. The van der Waals surface area contributed by atoms with Crippen LogP contribution in [0.4, 0.5) is 4.39 Å². The number of carbonyl (C=O) groups is 2. The Morgan fingerprint density at radius 1 is 1.26 bits per heavy atom. The van der Waals surface area contributed by atoms with E-state index in [0.29, 0.717) is 25.4 Å². The lowest BCUT2D eigenvalue weighted by atomic mass is 9.90. The maximum atomic E-state index is 13.8. The first-order valence-electron chi connectivity index (χ1n) is 7.95. The van der Waals surface area contributed by atoms with E-state index in [1.165, 1.54) is 18.2 Å². The molecule has 2 aliphatic rings. The lowest BCUT2D eigenvalue weighted by Crippen LogP contribution is -2.54. The Labute approximate surface area is 134 Å². The molecule has 23 heavy (non-hydrogen) atoms. The van der Waals surface area contributed by atoms with Gasteiger partial charge in [0.2, 0.25) is 11.5 Å². The number of benzene rings is 1. The largest absolute Gasteiger partial charge is 0.478 e. The van der Waals surface area contributed by atoms with Gasteiger partial charge in [0.05, 0.1) is 0 Å². The highest BCUT2D eigenvalue weighted by atomic mass is 19.1. The molecule has 1 aliphatic heterocycles. The van der Waals surface area contributed by atoms with E-state index >= 15 is 0 Å². The number of carboxylic acids is 1. The fraction of sp³-hybridized carbons (Fsp3) is 0.529. The fourth-order valence-corrected chi connectivity index (χ4v) is 2.91. The molecular weight excluding hydrogens is 301 g/mol. The maximum absolute atomic E-state index is 13.8. The van der Waals surface area contributed by atoms with Crippen molar-refractivity contribution in [1.82, 2.24) is 4.90 Å². The van der Waals surface area contributed by atoms with E-state index in [-0.39, 0.29) is 24.5 Å². The molecule has 1 heterocycles. The number of halogens is 1. The summed E-state index contributed by atoms with van der Waals surface area (Å²) >= 11 is 0. The number of para-hydroxylation sites is 1. The number of carbonyl (C=O) groups excluding carboxylic acids is 1. The van der Waals surface area contributed by atoms with Crippen LogP contribution in [-0.2, 0) is 9.59 Å². The number of aliphatic carboxylic acids is 1. The average molecular weight is 321 g/mol. The monoisotopic (exact) mass is 321 g/mol. The van der Waals surface area contributed by atoms with Crippen LogP contribution in [0.2, 0.25) is 0 Å². The van der Waals surface area contributed by atoms with Gasteiger partial charge in [-0.1, -0.05) is 12.1 Å². The van der Waals surface area contributed by atoms with Gasteiger partial charge in [-0.3, -0.25) is 4.79 Å². The summed E-state index contributed by atoms with van der Waals surface area (Å²) in [6.07, 6.45) is 3.08. The average Bonchev–Trinajstić information content (AvgIpc) is 3.34. The zero-order valence-electron chi connectivity index (χ0n) is 12.8. The third-order valence-corrected chi connectivity index (χ3v) is 4.62. The lowest BCUT2D eigenvalue weighted by molar-refractivity contribution is -0.162. The molecule has 124 valence electrons. The predicted molar refractivity (Wildman–Crippen MR) is 80.5 cm³/mol. The topological polar surface area (TPSA) is 66.8 Å². The van der Waals surface area contributed by atoms with E-state index in [0.717, 1.165) is 12.8 Å². The predicted octanol–water partition coefficient (Wildman–Crippen LogP) is 2.45. The second-order valence-corrected chi connectivity index (χ2v) is 6.36. The summed E-state index contributed by atoms with van der Waals surface area (Å²) in [5, 5.41) is 9.57. The van der Waals surface area contributed by atoms with Gasteiger partial charge in [-0.15, -0.1) is 0 Å². The summed E-state index contributed by atoms with van der Waals surface area (Å²) in [7, 11) is 0. The van der Waals surface area contributed by atoms with Crippen molar-refractivity contribution >= 4 is 11.9 Å². The van der Waals surface area contributed by atoms with Crippen LogP contribution in [0.1, 0.15) is 32.1 Å². The van der Waals surface area contributed by atoms with Crippen molar-refractivity contribution in [2.24, 2.45) is 5.92 Å². The highest BCUT2D eigenvalue weighted by molar-refractivity contribution is 5.80. The molecule has 1 aromatic carbocycles. The molecule has 3 rings (SSSR count). The zero-order chi connectivity index (χ0) is 16.4. The minimum absolute atomic E-state index is 0.0624. The summed E-state index contributed by atoms with van der Waals surface area (Å²) in [6.45, 7) is 0.651. The zero-order valence-corrected chi connectivity index (χ0v) is 12.8. The maximum Gasteiger partial charge on any atom is 0.348 e. The first-order chi connectivity index (χ1) is 11.0. The SMILES string of the molecule is O=C(CC1CC1)N1CCC(Oc2ccccc2F)(C(=O)O)CC1. The van der Waals surface area contributed by atoms with Crippen LogP contribution >= 0.6 is 0 Å². The van der Waals surface area contributed by atoms with Gasteiger partial charge in [0.15, 0.2) is 11.6 Å². The molecule has 0 atom stereocenters. The second kappa shape index (κ2) is 6.18. The smallest absolute Gasteiger partial charge is 0.348 e. The van der Waals surface area contributed by atoms with Gasteiger partial charge >= 0.3 is 5.97 Å². The summed E-state index contributed by atoms with van der Waals surface area (Å²) in [6, 6.07) is 5.78. The van der Waals surface area contributed by atoms with Crippen molar-refractivity contribution in [2.45, 2.75) is 37.7 Å². The minimum atomic E-state index is -1.47. The van der Waals surface area contributed by atoms with Crippen LogP contribution in [0.25, 0.3) is 0 Å². The number of ether oxygens (including phenoxy) is 1. The molecule has 1 saturated carbocycles. The number of hydrogen-bond acceptors (Lipinski definition) is 3. The van der Waals surface area contributed by atoms with Crippen LogP contribution < -0.4 is 4.74 Å². The van der Waals surface area contributed by atoms with Crippen LogP contribution in [0.5, 0.6) is 5.75 Å². The van der Waals surface area contributed by atoms with Crippen molar-refractivity contribution in [3.05, 3.63) is 30.1 Å². The Morgan fingerprint density at radius 2 is 1.91 bits per heavy atom. The van der Waals surface area contributed by atoms with Crippen LogP contribution in [0, 0.1) is 11.7 Å². The molecule has 5 nitrogen and oxygen atoms in total. The summed E-state index contributed by atoms with van der Waals surface area (Å²) in [4.78, 5) is 25.5. The molecule has 2 fully saturated rings. The molecule has 1 N–H and O–H groups in total. The number of amides is 1. The Hall–Kier alpha value is -2.11. The first kappa shape index (κ1) is 15.8. The quantitative estimate of drug-likeness (QED) is 0.904. The molecule has 0 bridgehead atoms. The lowest BCUT2D eigenvalue weighted by Gasteiger charge is -2.39. The molecule has 1 aliphatic carbocycles. The van der Waals surface area contributed by atoms with E-state index in [4.69, 9.17) is 4.74 Å². The molecule has 1 amide bonds. The Kier molecular flexibility index (Phi) is 4.24. The minimum Gasteiger partial charge on any atom is -0.478 e. The summed E-state index contributed by atoms with van der Waals surface area (Å²) in [5.74, 6) is -1.18. The van der Waals surface area contributed by atoms with E-state index in [9.17, 15) is 19.1 Å². The van der Waals surface area contributed by atoms with Gasteiger partial charge in [0.25, 0.3) is 0 Å². The number of nitrogens with zero attached hydrogens (tertiary/aromatic N) is 1. The number of piperidine rings is 1. The van der Waals surface area contributed by atoms with E-state index < -0.39 is 17.4 Å². The van der Waals surface area contributed by atoms with Crippen molar-refractivity contribution in [3.63, 3.8) is 0 Å². The van der Waals surface area contributed by atoms with Gasteiger partial charge in [0, 0.05) is 32.4 Å². The molecule has 0 radical (unpaired) electrons. The molecule has 1 saturated heterocycles. The standard InChI is InChI=1S/C17H20FNO4/c18-13-3-1-2-4-14(13)23-17(16(21)22)7-9-19(10-8-17)15(20)11-12-5-6-12/h1-4,12H,5-11H2,(H,21,22). The first-order valence-corrected chi connectivity index (χ1v) is 7.95. The third-order valence-electron chi connectivity index (χ3n) is 4.62. The number of rotatable bonds is 5. The number of hydrogen-bond donors (Lipinski definition) is 1. The van der Waals surface area contributed by atoms with Crippen molar-refractivity contribution in [1.29, 1.82) is 0 Å². The number of likely N-dealkylation sites (tertiary alicyclic amines) is 1. The summed E-state index contributed by atoms with van der Waals surface area (Å²) < 4.78 is 19.3. The van der Waals surface area contributed by atoms with Gasteiger partial charge in [-0.25, -0.2) is 9.18 Å². The molecular formula is C17H20FNO4. The van der Waals surface area contributed by atoms with E-state index in [1.54, 1.807) is 11.0 Å².